The van der Waals surface area contributed by atoms with Gasteiger partial charge < -0.3 is 5.11 Å². The van der Waals surface area contributed by atoms with Crippen LogP contribution in [0.25, 0.3) is 0 Å². The van der Waals surface area contributed by atoms with Crippen LogP contribution in [0.15, 0.2) is 30.3 Å². The molecule has 1 aliphatic rings. The first kappa shape index (κ1) is 11.1. The largest absolute Gasteiger partial charge is 0.392 e. The lowest BCUT2D eigenvalue weighted by Crippen LogP contribution is -2.29. The highest BCUT2D eigenvalue weighted by molar-refractivity contribution is 5.15. The van der Waals surface area contributed by atoms with Gasteiger partial charge in [0.05, 0.1) is 18.6 Å². The van der Waals surface area contributed by atoms with Gasteiger partial charge in [0, 0.05) is 19.1 Å². The van der Waals surface area contributed by atoms with E-state index in [0.717, 1.165) is 13.0 Å². The molecular formula is C13H16N2O. The van der Waals surface area contributed by atoms with Crippen molar-refractivity contribution < 1.29 is 5.11 Å². The molecule has 1 aromatic carbocycles. The molecule has 1 fully saturated rings. The summed E-state index contributed by atoms with van der Waals surface area (Å²) < 4.78 is 0. The van der Waals surface area contributed by atoms with E-state index in [0.29, 0.717) is 13.0 Å². The molecule has 84 valence electrons. The van der Waals surface area contributed by atoms with E-state index < -0.39 is 0 Å². The summed E-state index contributed by atoms with van der Waals surface area (Å²) in [6.07, 6.45) is 0.951. The van der Waals surface area contributed by atoms with Crippen molar-refractivity contribution in [3.63, 3.8) is 0 Å². The molecule has 2 atom stereocenters. The van der Waals surface area contributed by atoms with Crippen LogP contribution >= 0.6 is 0 Å². The standard InChI is InChI=1S/C13H16N2O/c14-7-6-12-8-13(16)10-15(12)9-11-4-2-1-3-5-11/h1-5,12-13,16H,6,8-10H2/t12-,13+/m0/s1. The average molecular weight is 216 g/mol. The fourth-order valence-corrected chi connectivity index (χ4v) is 2.29. The quantitative estimate of drug-likeness (QED) is 0.833. The molecule has 0 aliphatic carbocycles. The van der Waals surface area contributed by atoms with Gasteiger partial charge in [-0.1, -0.05) is 30.3 Å². The van der Waals surface area contributed by atoms with Gasteiger partial charge in [0.15, 0.2) is 0 Å². The van der Waals surface area contributed by atoms with Gasteiger partial charge in [-0.25, -0.2) is 0 Å². The van der Waals surface area contributed by atoms with E-state index in [-0.39, 0.29) is 12.1 Å². The Morgan fingerprint density at radius 3 is 2.81 bits per heavy atom. The van der Waals surface area contributed by atoms with Gasteiger partial charge in [-0.05, 0) is 12.0 Å². The van der Waals surface area contributed by atoms with Gasteiger partial charge in [-0.3, -0.25) is 4.90 Å². The number of nitriles is 1. The molecule has 1 aromatic rings. The van der Waals surface area contributed by atoms with Crippen LogP contribution in [0, 0.1) is 11.3 Å². The summed E-state index contributed by atoms with van der Waals surface area (Å²) in [5.41, 5.74) is 1.24. The minimum Gasteiger partial charge on any atom is -0.392 e. The summed E-state index contributed by atoms with van der Waals surface area (Å²) in [4.78, 5) is 2.20. The number of hydrogen-bond acceptors (Lipinski definition) is 3. The van der Waals surface area contributed by atoms with Crippen molar-refractivity contribution in [3.8, 4) is 6.07 Å². The van der Waals surface area contributed by atoms with Crippen molar-refractivity contribution in [1.82, 2.24) is 4.90 Å². The van der Waals surface area contributed by atoms with Gasteiger partial charge in [0.25, 0.3) is 0 Å². The van der Waals surface area contributed by atoms with Gasteiger partial charge in [-0.15, -0.1) is 0 Å². The maximum absolute atomic E-state index is 9.62. The van der Waals surface area contributed by atoms with Crippen LogP contribution < -0.4 is 0 Å². The van der Waals surface area contributed by atoms with Crippen molar-refractivity contribution >= 4 is 0 Å². The number of likely N-dealkylation sites (tertiary alicyclic amines) is 1. The number of hydrogen-bond donors (Lipinski definition) is 1. The topological polar surface area (TPSA) is 47.3 Å². The summed E-state index contributed by atoms with van der Waals surface area (Å²) in [5.74, 6) is 0. The normalized spacial score (nSPS) is 25.5. The number of nitrogens with zero attached hydrogens (tertiary/aromatic N) is 2. The Morgan fingerprint density at radius 1 is 1.38 bits per heavy atom. The molecule has 0 saturated carbocycles. The van der Waals surface area contributed by atoms with E-state index in [1.165, 1.54) is 5.56 Å². The lowest BCUT2D eigenvalue weighted by molar-refractivity contribution is 0.172. The monoisotopic (exact) mass is 216 g/mol. The van der Waals surface area contributed by atoms with Crippen LogP contribution in [0.2, 0.25) is 0 Å². The second kappa shape index (κ2) is 5.11. The van der Waals surface area contributed by atoms with Crippen molar-refractivity contribution in [2.75, 3.05) is 6.54 Å². The fourth-order valence-electron chi connectivity index (χ4n) is 2.29. The molecule has 1 heterocycles. The van der Waals surface area contributed by atoms with Crippen molar-refractivity contribution in [3.05, 3.63) is 35.9 Å². The SMILES string of the molecule is N#CC[C@H]1C[C@@H](O)CN1Cc1ccccc1. The van der Waals surface area contributed by atoms with Crippen LogP contribution in [-0.4, -0.2) is 28.7 Å². The zero-order chi connectivity index (χ0) is 11.4. The Kier molecular flexibility index (Phi) is 3.55. The van der Waals surface area contributed by atoms with Gasteiger partial charge in [-0.2, -0.15) is 5.26 Å². The molecule has 2 rings (SSSR count). The summed E-state index contributed by atoms with van der Waals surface area (Å²) in [6, 6.07) is 12.6. The van der Waals surface area contributed by atoms with E-state index in [1.807, 2.05) is 18.2 Å². The van der Waals surface area contributed by atoms with Crippen molar-refractivity contribution in [2.24, 2.45) is 0 Å². The molecule has 1 N–H and O–H groups in total. The molecular weight excluding hydrogens is 200 g/mol. The summed E-state index contributed by atoms with van der Waals surface area (Å²) >= 11 is 0. The van der Waals surface area contributed by atoms with E-state index in [2.05, 4.69) is 23.1 Å². The van der Waals surface area contributed by atoms with Crippen molar-refractivity contribution in [1.29, 1.82) is 5.26 Å². The predicted octanol–water partition coefficient (Wildman–Crippen LogP) is 1.54. The Morgan fingerprint density at radius 2 is 2.12 bits per heavy atom. The fraction of sp³-hybridized carbons (Fsp3) is 0.462. The summed E-state index contributed by atoms with van der Waals surface area (Å²) in [7, 11) is 0. The Bertz CT molecular complexity index is 371. The second-order valence-electron chi connectivity index (χ2n) is 4.32. The first-order valence-corrected chi connectivity index (χ1v) is 5.62. The number of rotatable bonds is 3. The Hall–Kier alpha value is -1.37. The van der Waals surface area contributed by atoms with E-state index >= 15 is 0 Å². The molecule has 0 amide bonds. The van der Waals surface area contributed by atoms with Crippen LogP contribution in [0.4, 0.5) is 0 Å². The highest BCUT2D eigenvalue weighted by atomic mass is 16.3. The van der Waals surface area contributed by atoms with Crippen LogP contribution in [0.3, 0.4) is 0 Å². The first-order valence-electron chi connectivity index (χ1n) is 5.62. The molecule has 3 nitrogen and oxygen atoms in total. The number of aliphatic hydroxyl groups is 1. The Balaban J connectivity index is 2.01. The molecule has 3 heteroatoms. The van der Waals surface area contributed by atoms with E-state index in [1.54, 1.807) is 0 Å². The van der Waals surface area contributed by atoms with Crippen LogP contribution in [0.5, 0.6) is 0 Å². The zero-order valence-electron chi connectivity index (χ0n) is 9.21. The third-order valence-corrected chi connectivity index (χ3v) is 3.06. The Labute approximate surface area is 95.9 Å². The lowest BCUT2D eigenvalue weighted by Gasteiger charge is -2.21. The predicted molar refractivity (Wildman–Crippen MR) is 61.5 cm³/mol. The number of β-amino-alcohol motifs (C(OH)–C–C–N with tert-alkyl or cyclic N) is 1. The molecule has 0 spiro atoms. The van der Waals surface area contributed by atoms with Crippen LogP contribution in [-0.2, 0) is 6.54 Å². The minimum absolute atomic E-state index is 0.209. The van der Waals surface area contributed by atoms with E-state index in [9.17, 15) is 5.11 Å². The minimum atomic E-state index is -0.276. The third kappa shape index (κ3) is 2.60. The molecule has 1 saturated heterocycles. The average Bonchev–Trinajstić information content (AvgIpc) is 2.61. The molecule has 0 unspecified atom stereocenters. The maximum Gasteiger partial charge on any atom is 0.0682 e. The van der Waals surface area contributed by atoms with Gasteiger partial charge in [0.1, 0.15) is 0 Å². The van der Waals surface area contributed by atoms with Gasteiger partial charge >= 0.3 is 0 Å². The molecule has 1 aliphatic heterocycles. The van der Waals surface area contributed by atoms with Gasteiger partial charge in [0.2, 0.25) is 0 Å². The molecule has 0 bridgehead atoms. The maximum atomic E-state index is 9.62. The zero-order valence-corrected chi connectivity index (χ0v) is 9.21. The van der Waals surface area contributed by atoms with E-state index in [4.69, 9.17) is 5.26 Å². The third-order valence-electron chi connectivity index (χ3n) is 3.06. The smallest absolute Gasteiger partial charge is 0.0682 e. The van der Waals surface area contributed by atoms with Crippen LogP contribution in [0.1, 0.15) is 18.4 Å². The highest BCUT2D eigenvalue weighted by Gasteiger charge is 2.30. The number of benzene rings is 1. The summed E-state index contributed by atoms with van der Waals surface area (Å²) in [5, 5.41) is 18.4. The number of aliphatic hydroxyl groups excluding tert-OH is 1. The van der Waals surface area contributed by atoms with Crippen molar-refractivity contribution in [2.45, 2.75) is 31.5 Å². The molecule has 16 heavy (non-hydrogen) atoms. The molecule has 0 radical (unpaired) electrons. The highest BCUT2D eigenvalue weighted by Crippen LogP contribution is 2.22. The second-order valence-corrected chi connectivity index (χ2v) is 4.32. The first-order chi connectivity index (χ1) is 7.79. The molecule has 0 aromatic heterocycles. The summed E-state index contributed by atoms with van der Waals surface area (Å²) in [6.45, 7) is 1.51. The lowest BCUT2D eigenvalue weighted by atomic mass is 10.1.